The van der Waals surface area contributed by atoms with Crippen LogP contribution in [0.5, 0.6) is 0 Å². The molecular formula is C19H23OZr. The van der Waals surface area contributed by atoms with E-state index in [1.807, 2.05) is 54.6 Å². The van der Waals surface area contributed by atoms with Crippen LogP contribution in [0.15, 0.2) is 66.8 Å². The molecule has 0 amide bonds. The van der Waals surface area contributed by atoms with Gasteiger partial charge in [0, 0.05) is 6.61 Å². The molecule has 0 aliphatic heterocycles. The largest absolute Gasteiger partial charge is 3.00 e. The molecule has 0 bridgehead atoms. The normalized spacial score (nSPS) is 12.1. The molecule has 21 heavy (non-hydrogen) atoms. The quantitative estimate of drug-likeness (QED) is 0.678. The fraction of sp³-hybridized carbons (Fsp3) is 0.211. The van der Waals surface area contributed by atoms with E-state index in [-0.39, 0.29) is 32.8 Å². The summed E-state index contributed by atoms with van der Waals surface area (Å²) in [5, 5.41) is 7.57. The molecule has 1 N–H and O–H groups in total. The van der Waals surface area contributed by atoms with E-state index in [2.05, 4.69) is 31.2 Å². The predicted molar refractivity (Wildman–Crippen MR) is 86.8 cm³/mol. The van der Waals surface area contributed by atoms with Crippen molar-refractivity contribution in [1.82, 2.24) is 0 Å². The Morgan fingerprint density at radius 2 is 1.43 bits per heavy atom. The van der Waals surface area contributed by atoms with E-state index in [1.54, 1.807) is 6.92 Å². The first-order valence-electron chi connectivity index (χ1n) is 6.72. The molecule has 0 fully saturated rings. The maximum Gasteiger partial charge on any atom is 3.00 e. The molecule has 0 atom stereocenters. The topological polar surface area (TPSA) is 20.2 Å². The van der Waals surface area contributed by atoms with Gasteiger partial charge in [-0.1, -0.05) is 6.07 Å². The number of hydrogen-bond donors (Lipinski definition) is 1. The van der Waals surface area contributed by atoms with Gasteiger partial charge in [-0.3, -0.25) is 12.2 Å². The zero-order valence-electron chi connectivity index (χ0n) is 12.6. The third-order valence-corrected chi connectivity index (χ3v) is 2.01. The first-order chi connectivity index (χ1) is 9.81. The molecule has 0 spiro atoms. The molecule has 2 aliphatic rings. The maximum absolute atomic E-state index is 7.57. The summed E-state index contributed by atoms with van der Waals surface area (Å²) in [6, 6.07) is 9.87. The summed E-state index contributed by atoms with van der Waals surface area (Å²) in [6.45, 7) is 5.65. The minimum Gasteiger partial charge on any atom is -0.397 e. The van der Waals surface area contributed by atoms with Gasteiger partial charge in [0.2, 0.25) is 0 Å². The van der Waals surface area contributed by atoms with Gasteiger partial charge in [-0.25, -0.2) is 24.3 Å². The van der Waals surface area contributed by atoms with Crippen LogP contribution in [0.2, 0.25) is 0 Å². The Kier molecular flexibility index (Phi) is 20.0. The van der Waals surface area contributed by atoms with E-state index < -0.39 is 0 Å². The van der Waals surface area contributed by atoms with Gasteiger partial charge < -0.3 is 5.11 Å². The Hall–Kier alpha value is -1.11. The number of benzene rings is 1. The molecule has 0 saturated carbocycles. The second kappa shape index (κ2) is 18.9. The standard InChI is InChI=1S/C7H7.2C5H5.C2H6O.Zr/c1-7-5-3-2-4-6-7;2*1-2-4-5-3-1;1-2-3;/h2-6H,1H2;2*1-3H,4H2;3H,2H2,1H3;/q3*-1;;+3. The Morgan fingerprint density at radius 1 is 1.00 bits per heavy atom. The Balaban J connectivity index is 0. The van der Waals surface area contributed by atoms with E-state index in [0.29, 0.717) is 0 Å². The third-order valence-electron chi connectivity index (χ3n) is 2.01. The molecule has 1 aromatic carbocycles. The van der Waals surface area contributed by atoms with Crippen molar-refractivity contribution in [1.29, 1.82) is 0 Å². The summed E-state index contributed by atoms with van der Waals surface area (Å²) in [4.78, 5) is 0. The summed E-state index contributed by atoms with van der Waals surface area (Å²) in [6.07, 6.45) is 20.0. The van der Waals surface area contributed by atoms with Crippen LogP contribution in [0.3, 0.4) is 0 Å². The van der Waals surface area contributed by atoms with Gasteiger partial charge in [0.15, 0.2) is 0 Å². The van der Waals surface area contributed by atoms with Crippen LogP contribution in [-0.4, -0.2) is 11.7 Å². The SMILES string of the molecule is CCO.[C-]1=CC=CC1.[C-]1=CC=CC1.[CH2-]c1ccccc1.[Zr+3]. The molecule has 1 nitrogen and oxygen atoms in total. The van der Waals surface area contributed by atoms with E-state index >= 15 is 0 Å². The van der Waals surface area contributed by atoms with E-state index in [0.717, 1.165) is 18.4 Å². The predicted octanol–water partition coefficient (Wildman–Crippen LogP) is 4.48. The van der Waals surface area contributed by atoms with Crippen molar-refractivity contribution in [3.05, 3.63) is 91.4 Å². The molecule has 1 aromatic rings. The fourth-order valence-corrected chi connectivity index (χ4v) is 1.16. The number of hydrogen-bond acceptors (Lipinski definition) is 1. The van der Waals surface area contributed by atoms with Crippen LogP contribution < -0.4 is 0 Å². The Labute approximate surface area is 148 Å². The summed E-state index contributed by atoms with van der Waals surface area (Å²) in [5.74, 6) is 0. The summed E-state index contributed by atoms with van der Waals surface area (Å²) < 4.78 is 0. The van der Waals surface area contributed by atoms with Gasteiger partial charge in [-0.05, 0) is 6.92 Å². The number of aliphatic hydroxyl groups is 1. The van der Waals surface area contributed by atoms with Crippen molar-refractivity contribution in [2.24, 2.45) is 0 Å². The number of rotatable bonds is 0. The average Bonchev–Trinajstić information content (AvgIpc) is 3.20. The van der Waals surface area contributed by atoms with Crippen molar-refractivity contribution in [2.45, 2.75) is 19.8 Å². The second-order valence-corrected chi connectivity index (χ2v) is 3.81. The monoisotopic (exact) mass is 357 g/mol. The molecule has 2 aliphatic carbocycles. The van der Waals surface area contributed by atoms with Gasteiger partial charge >= 0.3 is 26.2 Å². The molecule has 0 saturated heterocycles. The zero-order valence-corrected chi connectivity index (χ0v) is 15.1. The Bertz CT molecular complexity index is 374. The van der Waals surface area contributed by atoms with Gasteiger partial charge in [-0.15, -0.1) is 25.0 Å². The molecule has 2 heteroatoms. The molecule has 0 aromatic heterocycles. The molecule has 0 heterocycles. The molecular weight excluding hydrogens is 335 g/mol. The van der Waals surface area contributed by atoms with Crippen molar-refractivity contribution in [3.8, 4) is 0 Å². The smallest absolute Gasteiger partial charge is 0.397 e. The fourth-order valence-electron chi connectivity index (χ4n) is 1.16. The van der Waals surface area contributed by atoms with E-state index in [1.165, 1.54) is 0 Å². The minimum absolute atomic E-state index is 0. The maximum atomic E-state index is 7.57. The minimum atomic E-state index is 0. The zero-order chi connectivity index (χ0) is 14.9. The van der Waals surface area contributed by atoms with Crippen LogP contribution in [0, 0.1) is 19.1 Å². The molecule has 0 unspecified atom stereocenters. The van der Waals surface area contributed by atoms with E-state index in [9.17, 15) is 0 Å². The summed E-state index contributed by atoms with van der Waals surface area (Å²) >= 11 is 0. The van der Waals surface area contributed by atoms with Crippen LogP contribution in [-0.2, 0) is 26.2 Å². The van der Waals surface area contributed by atoms with Crippen LogP contribution in [0.25, 0.3) is 0 Å². The Morgan fingerprint density at radius 3 is 1.57 bits per heavy atom. The van der Waals surface area contributed by atoms with Crippen molar-refractivity contribution >= 4 is 0 Å². The molecule has 1 radical (unpaired) electrons. The molecule has 109 valence electrons. The van der Waals surface area contributed by atoms with Gasteiger partial charge in [-0.2, -0.15) is 36.8 Å². The van der Waals surface area contributed by atoms with Gasteiger partial charge in [0.05, 0.1) is 0 Å². The number of aliphatic hydroxyl groups excluding tert-OH is 1. The average molecular weight is 359 g/mol. The van der Waals surface area contributed by atoms with Crippen LogP contribution >= 0.6 is 0 Å². The first-order valence-corrected chi connectivity index (χ1v) is 6.72. The molecule has 3 rings (SSSR count). The van der Waals surface area contributed by atoms with Crippen LogP contribution in [0.4, 0.5) is 0 Å². The van der Waals surface area contributed by atoms with Crippen molar-refractivity contribution in [3.63, 3.8) is 0 Å². The van der Waals surface area contributed by atoms with E-state index in [4.69, 9.17) is 5.11 Å². The second-order valence-electron chi connectivity index (χ2n) is 3.81. The number of allylic oxidation sites excluding steroid dienone is 8. The van der Waals surface area contributed by atoms with Crippen molar-refractivity contribution in [2.75, 3.05) is 6.61 Å². The van der Waals surface area contributed by atoms with Gasteiger partial charge in [0.25, 0.3) is 0 Å². The summed E-state index contributed by atoms with van der Waals surface area (Å²) in [5.41, 5.74) is 1.07. The van der Waals surface area contributed by atoms with Crippen molar-refractivity contribution < 1.29 is 31.3 Å². The van der Waals surface area contributed by atoms with Crippen LogP contribution in [0.1, 0.15) is 25.3 Å². The van der Waals surface area contributed by atoms with Gasteiger partial charge in [0.1, 0.15) is 0 Å². The first kappa shape index (κ1) is 22.2. The summed E-state index contributed by atoms with van der Waals surface area (Å²) in [7, 11) is 0. The third kappa shape index (κ3) is 18.9.